The first-order valence-electron chi connectivity index (χ1n) is 6.35. The Bertz CT molecular complexity index is 497. The van der Waals surface area contributed by atoms with Gasteiger partial charge in [-0.3, -0.25) is 4.79 Å². The van der Waals surface area contributed by atoms with E-state index in [2.05, 4.69) is 15.6 Å². The number of ether oxygens (including phenoxy) is 1. The summed E-state index contributed by atoms with van der Waals surface area (Å²) in [5, 5.41) is 15.4. The number of morpholine rings is 1. The third-order valence-electron chi connectivity index (χ3n) is 2.89. The molecule has 0 saturated carbocycles. The van der Waals surface area contributed by atoms with Gasteiger partial charge in [-0.15, -0.1) is 11.3 Å². The fourth-order valence-corrected chi connectivity index (χ4v) is 2.77. The van der Waals surface area contributed by atoms with Crippen LogP contribution in [0.1, 0.15) is 26.8 Å². The average Bonchev–Trinajstić information content (AvgIpc) is 2.79. The number of carboxylic acid groups (broad SMARTS) is 1. The van der Waals surface area contributed by atoms with Gasteiger partial charge in [0, 0.05) is 13.1 Å². The minimum Gasteiger partial charge on any atom is -0.477 e. The largest absolute Gasteiger partial charge is 0.477 e. The van der Waals surface area contributed by atoms with Gasteiger partial charge in [0.25, 0.3) is 0 Å². The molecule has 0 aromatic carbocycles. The van der Waals surface area contributed by atoms with Crippen LogP contribution in [0.3, 0.4) is 0 Å². The zero-order valence-electron chi connectivity index (χ0n) is 11.1. The molecule has 3 N–H and O–H groups in total. The van der Waals surface area contributed by atoms with E-state index in [4.69, 9.17) is 9.84 Å². The van der Waals surface area contributed by atoms with Crippen molar-refractivity contribution in [3.8, 4) is 0 Å². The molecule has 1 atom stereocenters. The molecular formula is C12H17N3O4S. The van der Waals surface area contributed by atoms with Crippen LogP contribution < -0.4 is 10.6 Å². The normalized spacial score (nSPS) is 18.8. The lowest BCUT2D eigenvalue weighted by atomic mass is 10.2. The van der Waals surface area contributed by atoms with Gasteiger partial charge in [-0.1, -0.05) is 0 Å². The predicted molar refractivity (Wildman–Crippen MR) is 72.9 cm³/mol. The van der Waals surface area contributed by atoms with Gasteiger partial charge in [0.15, 0.2) is 0 Å². The molecule has 1 aromatic heterocycles. The summed E-state index contributed by atoms with van der Waals surface area (Å²) >= 11 is 1.09. The smallest absolute Gasteiger partial charge is 0.347 e. The molecule has 0 radical (unpaired) electrons. The highest BCUT2D eigenvalue weighted by Crippen LogP contribution is 2.17. The predicted octanol–water partition coefficient (Wildman–Crippen LogP) is 0.144. The number of thiazole rings is 1. The minimum atomic E-state index is -0.987. The Morgan fingerprint density at radius 2 is 2.40 bits per heavy atom. The number of carbonyl (C=O) groups excluding carboxylic acids is 1. The van der Waals surface area contributed by atoms with E-state index in [1.165, 1.54) is 0 Å². The van der Waals surface area contributed by atoms with Crippen LogP contribution in [0.25, 0.3) is 0 Å². The number of rotatable bonds is 5. The van der Waals surface area contributed by atoms with Crippen LogP contribution >= 0.6 is 11.3 Å². The van der Waals surface area contributed by atoms with Crippen LogP contribution in [0.5, 0.6) is 0 Å². The number of carbonyl (C=O) groups is 2. The van der Waals surface area contributed by atoms with Crippen molar-refractivity contribution in [2.24, 2.45) is 0 Å². The van der Waals surface area contributed by atoms with Gasteiger partial charge in [-0.25, -0.2) is 9.78 Å². The van der Waals surface area contributed by atoms with E-state index >= 15 is 0 Å². The second-order valence-electron chi connectivity index (χ2n) is 4.51. The third-order valence-corrected chi connectivity index (χ3v) is 4.03. The maximum atomic E-state index is 11.8. The molecular weight excluding hydrogens is 282 g/mol. The Morgan fingerprint density at radius 1 is 1.60 bits per heavy atom. The summed E-state index contributed by atoms with van der Waals surface area (Å²) in [5.74, 6) is -1.11. The van der Waals surface area contributed by atoms with Crippen molar-refractivity contribution in [3.63, 3.8) is 0 Å². The number of aryl methyl sites for hydroxylation is 1. The van der Waals surface area contributed by atoms with Crippen molar-refractivity contribution < 1.29 is 19.4 Å². The Balaban J connectivity index is 1.80. The Morgan fingerprint density at radius 3 is 3.00 bits per heavy atom. The van der Waals surface area contributed by atoms with Gasteiger partial charge in [0.05, 0.1) is 31.4 Å². The van der Waals surface area contributed by atoms with E-state index in [1.54, 1.807) is 6.92 Å². The number of nitrogens with zero attached hydrogens (tertiary/aromatic N) is 1. The summed E-state index contributed by atoms with van der Waals surface area (Å²) in [6.07, 6.45) is 0.194. The number of aromatic carboxylic acids is 1. The molecule has 1 saturated heterocycles. The van der Waals surface area contributed by atoms with Crippen LogP contribution in [0.2, 0.25) is 0 Å². The van der Waals surface area contributed by atoms with Gasteiger partial charge in [0.1, 0.15) is 9.88 Å². The van der Waals surface area contributed by atoms with E-state index in [1.807, 2.05) is 0 Å². The van der Waals surface area contributed by atoms with E-state index < -0.39 is 5.97 Å². The first-order valence-corrected chi connectivity index (χ1v) is 7.16. The highest BCUT2D eigenvalue weighted by molar-refractivity contribution is 7.13. The fourth-order valence-electron chi connectivity index (χ4n) is 1.93. The van der Waals surface area contributed by atoms with E-state index in [-0.39, 0.29) is 23.4 Å². The molecule has 0 spiro atoms. The number of carboxylic acids is 1. The lowest BCUT2D eigenvalue weighted by molar-refractivity contribution is -0.124. The standard InChI is InChI=1S/C12H17N3O4S/c1-7-11(12(17)18)20-10(15-7)6-14-9(16)4-8-5-13-2-3-19-8/h8,13H,2-6H2,1H3,(H,14,16)(H,17,18). The Labute approximate surface area is 120 Å². The van der Waals surface area contributed by atoms with Crippen LogP contribution in [-0.2, 0) is 16.1 Å². The Kier molecular flexibility index (Phi) is 5.05. The van der Waals surface area contributed by atoms with Crippen LogP contribution in [-0.4, -0.2) is 47.8 Å². The fraction of sp³-hybridized carbons (Fsp3) is 0.583. The second-order valence-corrected chi connectivity index (χ2v) is 5.59. The average molecular weight is 299 g/mol. The van der Waals surface area contributed by atoms with Crippen molar-refractivity contribution in [2.45, 2.75) is 26.0 Å². The first kappa shape index (κ1) is 14.9. The highest BCUT2D eigenvalue weighted by atomic mass is 32.1. The zero-order valence-corrected chi connectivity index (χ0v) is 12.0. The monoisotopic (exact) mass is 299 g/mol. The summed E-state index contributed by atoms with van der Waals surface area (Å²) in [6, 6.07) is 0. The molecule has 1 aromatic rings. The number of hydrogen-bond acceptors (Lipinski definition) is 6. The quantitative estimate of drug-likeness (QED) is 0.715. The molecule has 7 nitrogen and oxygen atoms in total. The molecule has 110 valence electrons. The summed E-state index contributed by atoms with van der Waals surface area (Å²) in [7, 11) is 0. The summed E-state index contributed by atoms with van der Waals surface area (Å²) in [5.41, 5.74) is 0.478. The number of nitrogens with one attached hydrogen (secondary N) is 2. The van der Waals surface area contributed by atoms with E-state index in [0.29, 0.717) is 30.3 Å². The van der Waals surface area contributed by atoms with Gasteiger partial charge in [-0.2, -0.15) is 0 Å². The highest BCUT2D eigenvalue weighted by Gasteiger charge is 2.18. The van der Waals surface area contributed by atoms with Crippen molar-refractivity contribution >= 4 is 23.2 Å². The number of hydrogen-bond donors (Lipinski definition) is 3. The van der Waals surface area contributed by atoms with Gasteiger partial charge >= 0.3 is 5.97 Å². The minimum absolute atomic E-state index is 0.101. The second kappa shape index (κ2) is 6.78. The number of amides is 1. The molecule has 1 aliphatic rings. The maximum Gasteiger partial charge on any atom is 0.347 e. The van der Waals surface area contributed by atoms with Gasteiger partial charge in [0.2, 0.25) is 5.91 Å². The number of aromatic nitrogens is 1. The molecule has 0 bridgehead atoms. The summed E-state index contributed by atoms with van der Waals surface area (Å²) in [4.78, 5) is 27.0. The van der Waals surface area contributed by atoms with Crippen molar-refractivity contribution in [1.29, 1.82) is 0 Å². The summed E-state index contributed by atoms with van der Waals surface area (Å²) in [6.45, 7) is 4.00. The maximum absolute atomic E-state index is 11.8. The molecule has 1 unspecified atom stereocenters. The molecule has 20 heavy (non-hydrogen) atoms. The SMILES string of the molecule is Cc1nc(CNC(=O)CC2CNCCO2)sc1C(=O)O. The van der Waals surface area contributed by atoms with Gasteiger partial charge < -0.3 is 20.5 Å². The lowest BCUT2D eigenvalue weighted by Gasteiger charge is -2.22. The van der Waals surface area contributed by atoms with Crippen LogP contribution in [0, 0.1) is 6.92 Å². The lowest BCUT2D eigenvalue weighted by Crippen LogP contribution is -2.41. The zero-order chi connectivity index (χ0) is 14.5. The molecule has 2 rings (SSSR count). The third kappa shape index (κ3) is 3.99. The van der Waals surface area contributed by atoms with Crippen LogP contribution in [0.4, 0.5) is 0 Å². The topological polar surface area (TPSA) is 101 Å². The molecule has 8 heteroatoms. The van der Waals surface area contributed by atoms with Crippen molar-refractivity contribution in [2.75, 3.05) is 19.7 Å². The summed E-state index contributed by atoms with van der Waals surface area (Å²) < 4.78 is 5.44. The van der Waals surface area contributed by atoms with E-state index in [0.717, 1.165) is 17.9 Å². The molecule has 2 heterocycles. The first-order chi connectivity index (χ1) is 9.56. The molecule has 1 fully saturated rings. The molecule has 1 aliphatic heterocycles. The van der Waals surface area contributed by atoms with Crippen LogP contribution in [0.15, 0.2) is 0 Å². The molecule has 0 aliphatic carbocycles. The van der Waals surface area contributed by atoms with Gasteiger partial charge in [-0.05, 0) is 6.92 Å². The molecule has 1 amide bonds. The van der Waals surface area contributed by atoms with Crippen molar-refractivity contribution in [1.82, 2.24) is 15.6 Å². The van der Waals surface area contributed by atoms with E-state index in [9.17, 15) is 9.59 Å². The van der Waals surface area contributed by atoms with Crippen molar-refractivity contribution in [3.05, 3.63) is 15.6 Å². The Hall–Kier alpha value is -1.51.